The van der Waals surface area contributed by atoms with Crippen LogP contribution in [-0.4, -0.2) is 14.7 Å². The Morgan fingerprint density at radius 2 is 1.22 bits per heavy atom. The average molecular weight is 292 g/mol. The van der Waals surface area contributed by atoms with Crippen LogP contribution >= 0.6 is 0 Å². The fourth-order valence-electron chi connectivity index (χ4n) is 1.58. The summed E-state index contributed by atoms with van der Waals surface area (Å²) >= 11 is -1.52. The van der Waals surface area contributed by atoms with Crippen LogP contribution in [0, 0.1) is 22.5 Å². The Labute approximate surface area is 113 Å². The van der Waals surface area contributed by atoms with Crippen LogP contribution in [0.2, 0.25) is 0 Å². The molecule has 0 spiro atoms. The first kappa shape index (κ1) is 12.6. The topological polar surface area (TPSA) is 0 Å². The molecule has 0 fully saturated rings. The second-order valence-corrected chi connectivity index (χ2v) is 7.66. The standard InChI is InChI=1S/C17H13As/c1-2-3-10-15-18(16-11-6-4-7-12-16)17-13-8-5-9-14-17/h4-9,11-14H,1H3. The van der Waals surface area contributed by atoms with Gasteiger partial charge in [-0.2, -0.15) is 0 Å². The zero-order valence-electron chi connectivity index (χ0n) is 10.2. The quantitative estimate of drug-likeness (QED) is 0.585. The maximum atomic E-state index is 3.38. The Hall–Kier alpha value is -1.88. The normalized spacial score (nSPS) is 9.00. The van der Waals surface area contributed by atoms with Crippen molar-refractivity contribution in [1.29, 1.82) is 0 Å². The molecular weight excluding hydrogens is 279 g/mol. The third-order valence-electron chi connectivity index (χ3n) is 2.38. The van der Waals surface area contributed by atoms with Gasteiger partial charge in [0.1, 0.15) is 0 Å². The molecule has 0 unspecified atom stereocenters. The van der Waals surface area contributed by atoms with Crippen LogP contribution in [0.1, 0.15) is 6.92 Å². The summed E-state index contributed by atoms with van der Waals surface area (Å²) < 4.78 is 6.07. The summed E-state index contributed by atoms with van der Waals surface area (Å²) in [5.74, 6) is 8.66. The second-order valence-electron chi connectivity index (χ2n) is 3.62. The van der Waals surface area contributed by atoms with Gasteiger partial charge in [0.15, 0.2) is 0 Å². The molecule has 1 heteroatoms. The molecule has 0 saturated heterocycles. The first-order valence-electron chi connectivity index (χ1n) is 5.74. The van der Waals surface area contributed by atoms with E-state index in [2.05, 4.69) is 71.0 Å². The first-order valence-corrected chi connectivity index (χ1v) is 8.56. The van der Waals surface area contributed by atoms with E-state index in [-0.39, 0.29) is 0 Å². The fraction of sp³-hybridized carbons (Fsp3) is 0.0588. The van der Waals surface area contributed by atoms with Crippen molar-refractivity contribution in [1.82, 2.24) is 0 Å². The Balaban J connectivity index is 2.42. The van der Waals surface area contributed by atoms with Crippen molar-refractivity contribution in [3.05, 3.63) is 60.7 Å². The van der Waals surface area contributed by atoms with E-state index in [1.54, 1.807) is 0 Å². The predicted octanol–water partition coefficient (Wildman–Crippen LogP) is 1.86. The van der Waals surface area contributed by atoms with E-state index in [0.717, 1.165) is 0 Å². The Morgan fingerprint density at radius 3 is 1.67 bits per heavy atom. The molecule has 2 rings (SSSR count). The summed E-state index contributed by atoms with van der Waals surface area (Å²) in [4.78, 5) is 0. The molecule has 0 heterocycles. The van der Waals surface area contributed by atoms with E-state index in [0.29, 0.717) is 0 Å². The fourth-order valence-corrected chi connectivity index (χ4v) is 5.07. The molecule has 0 radical (unpaired) electrons. The molecule has 0 nitrogen and oxygen atoms in total. The number of rotatable bonds is 2. The average Bonchev–Trinajstić information content (AvgIpc) is 2.46. The molecular formula is C17H13As. The van der Waals surface area contributed by atoms with Crippen molar-refractivity contribution in [2.75, 3.05) is 0 Å². The maximum absolute atomic E-state index is 3.38. The van der Waals surface area contributed by atoms with Crippen molar-refractivity contribution >= 4 is 23.4 Å². The molecule has 0 N–H and O–H groups in total. The Bertz CT molecular complexity index is 567. The van der Waals surface area contributed by atoms with Crippen molar-refractivity contribution in [3.63, 3.8) is 0 Å². The molecule has 2 aromatic rings. The molecule has 18 heavy (non-hydrogen) atoms. The summed E-state index contributed by atoms with van der Waals surface area (Å²) in [5, 5.41) is 0. The summed E-state index contributed by atoms with van der Waals surface area (Å²) in [5.41, 5.74) is 0. The van der Waals surface area contributed by atoms with Gasteiger partial charge in [-0.25, -0.2) is 0 Å². The number of hydrogen-bond donors (Lipinski definition) is 0. The Kier molecular flexibility index (Phi) is 4.72. The molecule has 0 aliphatic heterocycles. The van der Waals surface area contributed by atoms with Crippen LogP contribution < -0.4 is 8.70 Å². The van der Waals surface area contributed by atoms with E-state index in [4.69, 9.17) is 0 Å². The molecule has 0 aromatic heterocycles. The van der Waals surface area contributed by atoms with Crippen LogP contribution in [0.25, 0.3) is 0 Å². The van der Waals surface area contributed by atoms with Crippen molar-refractivity contribution < 1.29 is 0 Å². The Morgan fingerprint density at radius 1 is 0.722 bits per heavy atom. The molecule has 0 aliphatic rings. The van der Waals surface area contributed by atoms with Gasteiger partial charge in [-0.15, -0.1) is 0 Å². The van der Waals surface area contributed by atoms with E-state index in [1.165, 1.54) is 8.70 Å². The van der Waals surface area contributed by atoms with Gasteiger partial charge in [-0.3, -0.25) is 0 Å². The third-order valence-corrected chi connectivity index (χ3v) is 6.51. The zero-order valence-corrected chi connectivity index (χ0v) is 12.1. The molecule has 0 saturated carbocycles. The van der Waals surface area contributed by atoms with Gasteiger partial charge < -0.3 is 0 Å². The monoisotopic (exact) mass is 292 g/mol. The van der Waals surface area contributed by atoms with Crippen molar-refractivity contribution in [2.24, 2.45) is 0 Å². The molecule has 0 amide bonds. The second kappa shape index (κ2) is 6.76. The van der Waals surface area contributed by atoms with Crippen LogP contribution in [0.4, 0.5) is 0 Å². The summed E-state index contributed by atoms with van der Waals surface area (Å²) in [6.07, 6.45) is 0. The van der Waals surface area contributed by atoms with Crippen molar-refractivity contribution in [2.45, 2.75) is 6.92 Å². The molecule has 0 aliphatic carbocycles. The number of hydrogen-bond acceptors (Lipinski definition) is 0. The van der Waals surface area contributed by atoms with E-state index in [1.807, 2.05) is 19.1 Å². The van der Waals surface area contributed by atoms with E-state index in [9.17, 15) is 0 Å². The van der Waals surface area contributed by atoms with Gasteiger partial charge in [0.2, 0.25) is 0 Å². The molecule has 0 bridgehead atoms. The third kappa shape index (κ3) is 3.30. The summed E-state index contributed by atoms with van der Waals surface area (Å²) in [6.45, 7) is 1.82. The molecule has 86 valence electrons. The number of benzene rings is 2. The minimum absolute atomic E-state index is 1.35. The van der Waals surface area contributed by atoms with Gasteiger partial charge in [0, 0.05) is 0 Å². The van der Waals surface area contributed by atoms with Gasteiger partial charge in [-0.05, 0) is 0 Å². The van der Waals surface area contributed by atoms with Crippen LogP contribution in [0.5, 0.6) is 0 Å². The van der Waals surface area contributed by atoms with Crippen LogP contribution in [0.15, 0.2) is 60.7 Å². The molecule has 0 atom stereocenters. The van der Waals surface area contributed by atoms with E-state index >= 15 is 0 Å². The van der Waals surface area contributed by atoms with Gasteiger partial charge in [0.25, 0.3) is 0 Å². The SMILES string of the molecule is CC#CC#C[As](c1ccccc1)c1ccccc1. The van der Waals surface area contributed by atoms with E-state index < -0.39 is 14.7 Å². The van der Waals surface area contributed by atoms with Crippen molar-refractivity contribution in [3.8, 4) is 22.5 Å². The summed E-state index contributed by atoms with van der Waals surface area (Å²) in [6, 6.07) is 21.1. The molecule has 2 aromatic carbocycles. The van der Waals surface area contributed by atoms with Gasteiger partial charge >= 0.3 is 113 Å². The van der Waals surface area contributed by atoms with Crippen LogP contribution in [0.3, 0.4) is 0 Å². The minimum atomic E-state index is -1.52. The van der Waals surface area contributed by atoms with Crippen LogP contribution in [-0.2, 0) is 0 Å². The van der Waals surface area contributed by atoms with Gasteiger partial charge in [0.05, 0.1) is 0 Å². The predicted molar refractivity (Wildman–Crippen MR) is 79.1 cm³/mol. The summed E-state index contributed by atoms with van der Waals surface area (Å²) in [7, 11) is 0. The first-order chi connectivity index (χ1) is 8.92. The van der Waals surface area contributed by atoms with Gasteiger partial charge in [-0.1, -0.05) is 0 Å². The zero-order chi connectivity index (χ0) is 12.6.